The van der Waals surface area contributed by atoms with Gasteiger partial charge in [-0.15, -0.1) is 0 Å². The van der Waals surface area contributed by atoms with Gasteiger partial charge in [-0.3, -0.25) is 9.69 Å². The third-order valence-corrected chi connectivity index (χ3v) is 3.16. The number of carboxylic acid groups (broad SMARTS) is 1. The van der Waals surface area contributed by atoms with Crippen LogP contribution in [0.25, 0.3) is 0 Å². The van der Waals surface area contributed by atoms with Gasteiger partial charge in [0, 0.05) is 38.3 Å². The van der Waals surface area contributed by atoms with Crippen molar-refractivity contribution in [2.45, 2.75) is 25.4 Å². The van der Waals surface area contributed by atoms with E-state index >= 15 is 0 Å². The topological polar surface area (TPSA) is 55.8 Å². The van der Waals surface area contributed by atoms with Crippen molar-refractivity contribution >= 4 is 5.97 Å². The Kier molecular flexibility index (Phi) is 5.18. The Bertz CT molecular complexity index is 235. The van der Waals surface area contributed by atoms with Crippen LogP contribution in [0.3, 0.4) is 0 Å². The van der Waals surface area contributed by atoms with Crippen LogP contribution < -0.4 is 5.32 Å². The van der Waals surface area contributed by atoms with Gasteiger partial charge in [-0.25, -0.2) is 0 Å². The quantitative estimate of drug-likeness (QED) is 0.677. The molecule has 0 aromatic rings. The molecular formula is C11H23N3O2. The normalized spacial score (nSPS) is 25.6. The van der Waals surface area contributed by atoms with Gasteiger partial charge < -0.3 is 15.3 Å². The Morgan fingerprint density at radius 3 is 2.81 bits per heavy atom. The highest BCUT2D eigenvalue weighted by atomic mass is 16.4. The van der Waals surface area contributed by atoms with Crippen molar-refractivity contribution in [3.63, 3.8) is 0 Å². The van der Waals surface area contributed by atoms with Crippen LogP contribution >= 0.6 is 0 Å². The van der Waals surface area contributed by atoms with E-state index in [-0.39, 0.29) is 12.5 Å². The minimum atomic E-state index is -0.742. The first-order chi connectivity index (χ1) is 7.49. The molecule has 0 aromatic heterocycles. The van der Waals surface area contributed by atoms with E-state index in [1.54, 1.807) is 0 Å². The molecule has 5 heteroatoms. The molecule has 16 heavy (non-hydrogen) atoms. The predicted octanol–water partition coefficient (Wildman–Crippen LogP) is -0.315. The second kappa shape index (κ2) is 6.18. The number of hydrogen-bond donors (Lipinski definition) is 2. The molecule has 1 saturated heterocycles. The zero-order valence-corrected chi connectivity index (χ0v) is 10.4. The van der Waals surface area contributed by atoms with Crippen LogP contribution in [0.15, 0.2) is 0 Å². The lowest BCUT2D eigenvalue weighted by Crippen LogP contribution is -2.54. The Hall–Kier alpha value is -0.650. The summed E-state index contributed by atoms with van der Waals surface area (Å²) >= 11 is 0. The van der Waals surface area contributed by atoms with Gasteiger partial charge in [-0.2, -0.15) is 0 Å². The third kappa shape index (κ3) is 4.47. The van der Waals surface area contributed by atoms with Gasteiger partial charge in [-0.1, -0.05) is 0 Å². The fraction of sp³-hybridized carbons (Fsp3) is 0.909. The van der Waals surface area contributed by atoms with Crippen LogP contribution in [-0.4, -0.2) is 73.2 Å². The zero-order valence-electron chi connectivity index (χ0n) is 10.4. The predicted molar refractivity (Wildman–Crippen MR) is 63.6 cm³/mol. The standard InChI is InChI=1S/C11H23N3O2/c1-9(6-11(15)16)12-7-10-8-13(2)4-5-14(10)3/h9-10,12H,4-8H2,1-3H3,(H,15,16). The van der Waals surface area contributed by atoms with E-state index in [4.69, 9.17) is 5.11 Å². The molecule has 5 nitrogen and oxygen atoms in total. The monoisotopic (exact) mass is 229 g/mol. The molecule has 94 valence electrons. The average molecular weight is 229 g/mol. The molecule has 0 saturated carbocycles. The van der Waals surface area contributed by atoms with E-state index in [1.165, 1.54) is 0 Å². The average Bonchev–Trinajstić information content (AvgIpc) is 2.18. The fourth-order valence-corrected chi connectivity index (χ4v) is 1.99. The van der Waals surface area contributed by atoms with Crippen molar-refractivity contribution in [3.8, 4) is 0 Å². The van der Waals surface area contributed by atoms with E-state index in [2.05, 4.69) is 29.2 Å². The van der Waals surface area contributed by atoms with Gasteiger partial charge in [0.25, 0.3) is 0 Å². The summed E-state index contributed by atoms with van der Waals surface area (Å²) in [6, 6.07) is 0.521. The van der Waals surface area contributed by atoms with Gasteiger partial charge in [-0.05, 0) is 21.0 Å². The Labute approximate surface area is 97.4 Å². The second-order valence-electron chi connectivity index (χ2n) is 4.80. The molecule has 0 radical (unpaired) electrons. The zero-order chi connectivity index (χ0) is 12.1. The lowest BCUT2D eigenvalue weighted by Gasteiger charge is -2.38. The van der Waals surface area contributed by atoms with Crippen LogP contribution in [-0.2, 0) is 4.79 Å². The summed E-state index contributed by atoms with van der Waals surface area (Å²) in [5.74, 6) is -0.742. The highest BCUT2D eigenvalue weighted by Crippen LogP contribution is 2.05. The van der Waals surface area contributed by atoms with E-state index in [9.17, 15) is 4.79 Å². The second-order valence-corrected chi connectivity index (χ2v) is 4.80. The smallest absolute Gasteiger partial charge is 0.304 e. The molecular weight excluding hydrogens is 206 g/mol. The van der Waals surface area contributed by atoms with E-state index in [1.807, 2.05) is 6.92 Å². The SMILES string of the molecule is CC(CC(=O)O)NCC1CN(C)CCN1C. The third-order valence-electron chi connectivity index (χ3n) is 3.16. The molecule has 1 rings (SSSR count). The van der Waals surface area contributed by atoms with Crippen molar-refractivity contribution in [3.05, 3.63) is 0 Å². The molecule has 0 aromatic carbocycles. The van der Waals surface area contributed by atoms with Gasteiger partial charge in [0.1, 0.15) is 0 Å². The number of nitrogens with one attached hydrogen (secondary N) is 1. The number of carboxylic acids is 1. The van der Waals surface area contributed by atoms with E-state index in [0.29, 0.717) is 6.04 Å². The number of nitrogens with zero attached hydrogens (tertiary/aromatic N) is 2. The Morgan fingerprint density at radius 2 is 2.19 bits per heavy atom. The highest BCUT2D eigenvalue weighted by Gasteiger charge is 2.22. The summed E-state index contributed by atoms with van der Waals surface area (Å²) in [6.07, 6.45) is 0.187. The summed E-state index contributed by atoms with van der Waals surface area (Å²) in [5.41, 5.74) is 0. The van der Waals surface area contributed by atoms with Crippen molar-refractivity contribution < 1.29 is 9.90 Å². The van der Waals surface area contributed by atoms with Crippen LogP contribution in [0.2, 0.25) is 0 Å². The number of piperazine rings is 1. The molecule has 2 unspecified atom stereocenters. The van der Waals surface area contributed by atoms with Crippen LogP contribution in [0.4, 0.5) is 0 Å². The lowest BCUT2D eigenvalue weighted by atomic mass is 10.1. The van der Waals surface area contributed by atoms with Gasteiger partial charge >= 0.3 is 5.97 Å². The first-order valence-electron chi connectivity index (χ1n) is 5.83. The minimum absolute atomic E-state index is 0.0399. The number of rotatable bonds is 5. The molecule has 0 spiro atoms. The number of hydrogen-bond acceptors (Lipinski definition) is 4. The molecule has 1 aliphatic heterocycles. The maximum atomic E-state index is 10.5. The Balaban J connectivity index is 2.27. The summed E-state index contributed by atoms with van der Waals surface area (Å²) < 4.78 is 0. The van der Waals surface area contributed by atoms with Crippen molar-refractivity contribution in [1.29, 1.82) is 0 Å². The van der Waals surface area contributed by atoms with Crippen molar-refractivity contribution in [2.75, 3.05) is 40.3 Å². The summed E-state index contributed by atoms with van der Waals surface area (Å²) in [6.45, 7) is 6.01. The summed E-state index contributed by atoms with van der Waals surface area (Å²) in [4.78, 5) is 15.2. The lowest BCUT2D eigenvalue weighted by molar-refractivity contribution is -0.137. The van der Waals surface area contributed by atoms with Crippen LogP contribution in [0.1, 0.15) is 13.3 Å². The number of carbonyl (C=O) groups is 1. The van der Waals surface area contributed by atoms with Crippen LogP contribution in [0, 0.1) is 0 Å². The van der Waals surface area contributed by atoms with Gasteiger partial charge in [0.15, 0.2) is 0 Å². The molecule has 1 heterocycles. The molecule has 2 N–H and O–H groups in total. The molecule has 0 aliphatic carbocycles. The van der Waals surface area contributed by atoms with Gasteiger partial charge in [0.05, 0.1) is 6.42 Å². The van der Waals surface area contributed by atoms with E-state index < -0.39 is 5.97 Å². The summed E-state index contributed by atoms with van der Waals surface area (Å²) in [7, 11) is 4.25. The van der Waals surface area contributed by atoms with E-state index in [0.717, 1.165) is 26.2 Å². The van der Waals surface area contributed by atoms with Crippen molar-refractivity contribution in [1.82, 2.24) is 15.1 Å². The molecule has 1 fully saturated rings. The fourth-order valence-electron chi connectivity index (χ4n) is 1.99. The Morgan fingerprint density at radius 1 is 1.50 bits per heavy atom. The largest absolute Gasteiger partial charge is 0.481 e. The maximum Gasteiger partial charge on any atom is 0.304 e. The maximum absolute atomic E-state index is 10.5. The molecule has 2 atom stereocenters. The summed E-state index contributed by atoms with van der Waals surface area (Å²) in [5, 5.41) is 11.9. The first kappa shape index (κ1) is 13.4. The molecule has 0 bridgehead atoms. The number of likely N-dealkylation sites (N-methyl/N-ethyl adjacent to an activating group) is 2. The van der Waals surface area contributed by atoms with Crippen LogP contribution in [0.5, 0.6) is 0 Å². The number of aliphatic carboxylic acids is 1. The van der Waals surface area contributed by atoms with Crippen molar-refractivity contribution in [2.24, 2.45) is 0 Å². The highest BCUT2D eigenvalue weighted by molar-refractivity contribution is 5.67. The first-order valence-corrected chi connectivity index (χ1v) is 5.83. The minimum Gasteiger partial charge on any atom is -0.481 e. The molecule has 1 aliphatic rings. The van der Waals surface area contributed by atoms with Gasteiger partial charge in [0.2, 0.25) is 0 Å². The molecule has 0 amide bonds.